The van der Waals surface area contributed by atoms with Gasteiger partial charge in [0.1, 0.15) is 5.58 Å². The van der Waals surface area contributed by atoms with Gasteiger partial charge in [0.05, 0.1) is 0 Å². The maximum absolute atomic E-state index is 12.9. The molecule has 2 aromatic carbocycles. The Hall–Kier alpha value is -2.67. The molecule has 3 aromatic rings. The van der Waals surface area contributed by atoms with Gasteiger partial charge in [0.2, 0.25) is 0 Å². The van der Waals surface area contributed by atoms with Crippen molar-refractivity contribution in [1.82, 2.24) is 10.2 Å². The van der Waals surface area contributed by atoms with Crippen LogP contribution in [0, 0.1) is 5.92 Å². The van der Waals surface area contributed by atoms with Crippen molar-refractivity contribution in [2.24, 2.45) is 5.92 Å². The van der Waals surface area contributed by atoms with E-state index < -0.39 is 6.29 Å². The zero-order valence-corrected chi connectivity index (χ0v) is 16.0. The molecule has 3 saturated heterocycles. The largest absolute Gasteiger partial charge is 0.828 e. The number of nitrogens with zero attached hydrogens (tertiary/aromatic N) is 1. The number of furan rings is 1. The van der Waals surface area contributed by atoms with Crippen molar-refractivity contribution in [1.29, 1.82) is 0 Å². The summed E-state index contributed by atoms with van der Waals surface area (Å²) in [6.45, 7) is 3.16. The number of benzene rings is 2. The molecule has 6 rings (SSSR count). The lowest BCUT2D eigenvalue weighted by atomic mass is 9.84. The summed E-state index contributed by atoms with van der Waals surface area (Å²) in [4.78, 5) is 15.3. The molecule has 0 spiro atoms. The van der Waals surface area contributed by atoms with Crippen LogP contribution in [0.4, 0.5) is 0 Å². The Labute approximate surface area is 168 Å². The molecule has 2 bridgehead atoms. The predicted octanol–water partition coefficient (Wildman–Crippen LogP) is 2.27. The van der Waals surface area contributed by atoms with Crippen molar-refractivity contribution in [3.63, 3.8) is 0 Å². The van der Waals surface area contributed by atoms with E-state index in [1.165, 1.54) is 0 Å². The molecular weight excluding hydrogens is 368 g/mol. The molecule has 6 heteroatoms. The van der Waals surface area contributed by atoms with Crippen LogP contribution in [-0.4, -0.2) is 41.6 Å². The fourth-order valence-corrected chi connectivity index (χ4v) is 4.63. The summed E-state index contributed by atoms with van der Waals surface area (Å²) >= 11 is 0. The van der Waals surface area contributed by atoms with E-state index in [2.05, 4.69) is 10.2 Å². The average molecular weight is 391 g/mol. The van der Waals surface area contributed by atoms with E-state index in [0.29, 0.717) is 22.8 Å². The third kappa shape index (κ3) is 3.44. The number of hydrogen-bond acceptors (Lipinski definition) is 5. The Balaban J connectivity index is 1.44. The van der Waals surface area contributed by atoms with Gasteiger partial charge in [0.25, 0.3) is 5.91 Å². The summed E-state index contributed by atoms with van der Waals surface area (Å²) in [5, 5.41) is 24.7. The van der Waals surface area contributed by atoms with Crippen LogP contribution in [0.5, 0.6) is 0 Å². The molecule has 2 atom stereocenters. The normalized spacial score (nSPS) is 24.6. The SMILES string of the molecule is O=C(N[C@@H]1CN2CCC1CC2)c1cc2cccc(-c3cccc(C([O-])O)c3)c2o1. The van der Waals surface area contributed by atoms with E-state index in [0.717, 1.165) is 49.0 Å². The zero-order valence-electron chi connectivity index (χ0n) is 16.0. The minimum absolute atomic E-state index is 0.174. The maximum atomic E-state index is 12.9. The van der Waals surface area contributed by atoms with Crippen molar-refractivity contribution < 1.29 is 19.4 Å². The van der Waals surface area contributed by atoms with Crippen LogP contribution in [-0.2, 0) is 0 Å². The first-order chi connectivity index (χ1) is 14.1. The minimum atomic E-state index is -1.78. The van der Waals surface area contributed by atoms with E-state index in [1.807, 2.05) is 24.3 Å². The van der Waals surface area contributed by atoms with E-state index >= 15 is 0 Å². The highest BCUT2D eigenvalue weighted by atomic mass is 16.5. The molecule has 150 valence electrons. The van der Waals surface area contributed by atoms with Crippen LogP contribution < -0.4 is 10.4 Å². The topological polar surface area (TPSA) is 88.8 Å². The molecule has 0 saturated carbocycles. The van der Waals surface area contributed by atoms with Crippen LogP contribution in [0.1, 0.15) is 35.2 Å². The van der Waals surface area contributed by atoms with E-state index in [4.69, 9.17) is 4.42 Å². The summed E-state index contributed by atoms with van der Waals surface area (Å²) in [5.74, 6) is 0.656. The van der Waals surface area contributed by atoms with Crippen LogP contribution in [0.2, 0.25) is 0 Å². The van der Waals surface area contributed by atoms with Gasteiger partial charge in [-0.15, -0.1) is 0 Å². The highest BCUT2D eigenvalue weighted by Gasteiger charge is 2.35. The molecule has 29 heavy (non-hydrogen) atoms. The molecule has 6 nitrogen and oxygen atoms in total. The molecule has 2 N–H and O–H groups in total. The van der Waals surface area contributed by atoms with Crippen LogP contribution in [0.15, 0.2) is 52.9 Å². The van der Waals surface area contributed by atoms with E-state index in [9.17, 15) is 15.0 Å². The van der Waals surface area contributed by atoms with Gasteiger partial charge in [-0.2, -0.15) is 0 Å². The first kappa shape index (κ1) is 18.4. The number of hydrogen-bond donors (Lipinski definition) is 2. The number of piperidine rings is 3. The monoisotopic (exact) mass is 391 g/mol. The van der Waals surface area contributed by atoms with Crippen molar-refractivity contribution in [2.45, 2.75) is 25.2 Å². The van der Waals surface area contributed by atoms with Crippen molar-refractivity contribution in [3.05, 3.63) is 59.9 Å². The third-order valence-corrected chi connectivity index (χ3v) is 6.22. The maximum Gasteiger partial charge on any atom is 0.287 e. The fourth-order valence-electron chi connectivity index (χ4n) is 4.63. The number of carbonyl (C=O) groups is 1. The summed E-state index contributed by atoms with van der Waals surface area (Å²) < 4.78 is 5.97. The van der Waals surface area contributed by atoms with Gasteiger partial charge in [-0.3, -0.25) is 4.79 Å². The molecular formula is C23H23N2O4-. The van der Waals surface area contributed by atoms with Crippen molar-refractivity contribution in [2.75, 3.05) is 19.6 Å². The lowest BCUT2D eigenvalue weighted by Gasteiger charge is -2.44. The van der Waals surface area contributed by atoms with Gasteiger partial charge >= 0.3 is 0 Å². The Morgan fingerprint density at radius 1 is 1.17 bits per heavy atom. The number of aliphatic hydroxyl groups is 1. The molecule has 3 aliphatic rings. The third-order valence-electron chi connectivity index (χ3n) is 6.22. The van der Waals surface area contributed by atoms with E-state index in [1.54, 1.807) is 24.3 Å². The van der Waals surface area contributed by atoms with Gasteiger partial charge in [0, 0.05) is 29.8 Å². The Bertz CT molecular complexity index is 1050. The molecule has 3 aliphatic heterocycles. The Kier molecular flexibility index (Phi) is 4.62. The Morgan fingerprint density at radius 3 is 2.69 bits per heavy atom. The molecule has 0 radical (unpaired) electrons. The molecule has 0 aliphatic carbocycles. The second kappa shape index (κ2) is 7.30. The van der Waals surface area contributed by atoms with Crippen LogP contribution in [0.3, 0.4) is 0 Å². The molecule has 3 fully saturated rings. The van der Waals surface area contributed by atoms with Gasteiger partial charge in [-0.1, -0.05) is 36.4 Å². The molecule has 4 heterocycles. The highest BCUT2D eigenvalue weighted by Crippen LogP contribution is 2.32. The summed E-state index contributed by atoms with van der Waals surface area (Å²) in [5.41, 5.74) is 2.45. The quantitative estimate of drug-likeness (QED) is 0.666. The standard InChI is InChI=1S/C23H23N2O4/c26-22(24-19-13-25-9-7-14(19)8-10-25)20-12-16-4-2-6-18(21(16)29-20)15-3-1-5-17(11-15)23(27)28/h1-6,11-12,14,19,23,27H,7-10,13H2,(H,24,26)/q-1/t19-,23?/m1/s1. The molecule has 1 unspecified atom stereocenters. The number of carbonyl (C=O) groups excluding carboxylic acids is 1. The van der Waals surface area contributed by atoms with Gasteiger partial charge < -0.3 is 24.8 Å². The second-order valence-electron chi connectivity index (χ2n) is 8.03. The van der Waals surface area contributed by atoms with Gasteiger partial charge in [-0.25, -0.2) is 0 Å². The number of amides is 1. The van der Waals surface area contributed by atoms with Crippen molar-refractivity contribution in [3.8, 4) is 11.1 Å². The van der Waals surface area contributed by atoms with Crippen LogP contribution in [0.25, 0.3) is 22.1 Å². The van der Waals surface area contributed by atoms with Crippen molar-refractivity contribution >= 4 is 16.9 Å². The first-order valence-electron chi connectivity index (χ1n) is 10.1. The highest BCUT2D eigenvalue weighted by molar-refractivity contribution is 6.00. The fraction of sp³-hybridized carbons (Fsp3) is 0.348. The molecule has 1 amide bonds. The minimum Gasteiger partial charge on any atom is -0.828 e. The molecule has 1 aromatic heterocycles. The zero-order chi connectivity index (χ0) is 20.0. The number of fused-ring (bicyclic) bond motifs is 4. The van der Waals surface area contributed by atoms with Crippen LogP contribution >= 0.6 is 0 Å². The number of para-hydroxylation sites is 1. The first-order valence-corrected chi connectivity index (χ1v) is 10.1. The van der Waals surface area contributed by atoms with E-state index in [-0.39, 0.29) is 11.9 Å². The second-order valence-corrected chi connectivity index (χ2v) is 8.03. The lowest BCUT2D eigenvalue weighted by Crippen LogP contribution is -2.57. The summed E-state index contributed by atoms with van der Waals surface area (Å²) in [7, 11) is 0. The average Bonchev–Trinajstić information content (AvgIpc) is 3.19. The summed E-state index contributed by atoms with van der Waals surface area (Å²) in [6.07, 6.45) is 0.488. The number of rotatable bonds is 4. The Morgan fingerprint density at radius 2 is 1.97 bits per heavy atom. The number of aliphatic hydroxyl groups excluding tert-OH is 1. The smallest absolute Gasteiger partial charge is 0.287 e. The predicted molar refractivity (Wildman–Crippen MR) is 107 cm³/mol. The summed E-state index contributed by atoms with van der Waals surface area (Å²) in [6, 6.07) is 14.5. The van der Waals surface area contributed by atoms with Gasteiger partial charge in [0.15, 0.2) is 5.76 Å². The lowest BCUT2D eigenvalue weighted by molar-refractivity contribution is -0.490. The van der Waals surface area contributed by atoms with Gasteiger partial charge in [-0.05, 0) is 55.1 Å². The number of nitrogens with one attached hydrogen (secondary N) is 1.